The molecule has 5 nitrogen and oxygen atoms in total. The summed E-state index contributed by atoms with van der Waals surface area (Å²) in [6.07, 6.45) is 1.74. The van der Waals surface area contributed by atoms with Gasteiger partial charge in [-0.1, -0.05) is 6.07 Å². The van der Waals surface area contributed by atoms with Crippen LogP contribution >= 0.6 is 0 Å². The molecule has 1 aromatic rings. The lowest BCUT2D eigenvalue weighted by molar-refractivity contribution is -0.141. The summed E-state index contributed by atoms with van der Waals surface area (Å²) in [5.41, 5.74) is 1.22. The number of ether oxygens (including phenoxy) is 1. The van der Waals surface area contributed by atoms with Crippen molar-refractivity contribution in [2.24, 2.45) is 0 Å². The van der Waals surface area contributed by atoms with Crippen molar-refractivity contribution in [3.8, 4) is 0 Å². The van der Waals surface area contributed by atoms with Gasteiger partial charge in [0.15, 0.2) is 0 Å². The van der Waals surface area contributed by atoms with Crippen LogP contribution in [0.1, 0.15) is 28.5 Å². The molecule has 1 aliphatic heterocycles. The molecule has 0 N–H and O–H groups in total. The predicted molar refractivity (Wildman–Crippen MR) is 55.7 cm³/mol. The number of hydrogen-bond acceptors (Lipinski definition) is 4. The van der Waals surface area contributed by atoms with Crippen LogP contribution in [0.4, 0.5) is 0 Å². The molecule has 2 heterocycles. The highest BCUT2D eigenvalue weighted by Gasteiger charge is 2.36. The minimum atomic E-state index is -0.332. The van der Waals surface area contributed by atoms with Crippen LogP contribution in [0.15, 0.2) is 18.3 Å². The van der Waals surface area contributed by atoms with E-state index in [0.29, 0.717) is 5.69 Å². The van der Waals surface area contributed by atoms with E-state index in [4.69, 9.17) is 0 Å². The van der Waals surface area contributed by atoms with E-state index in [2.05, 4.69) is 9.72 Å². The number of hydrogen-bond donors (Lipinski definition) is 0. The maximum atomic E-state index is 11.8. The number of fused-ring (bicyclic) bond motifs is 1. The Hall–Kier alpha value is -1.91. The average Bonchev–Trinajstić information content (AvgIpc) is 2.55. The largest absolute Gasteiger partial charge is 0.469 e. The normalized spacial score (nSPS) is 18.5. The van der Waals surface area contributed by atoms with Gasteiger partial charge in [0.25, 0.3) is 5.91 Å². The highest BCUT2D eigenvalue weighted by molar-refractivity contribution is 5.97. The summed E-state index contributed by atoms with van der Waals surface area (Å²) in [5, 5.41) is 0. The van der Waals surface area contributed by atoms with Gasteiger partial charge >= 0.3 is 5.97 Å². The maximum absolute atomic E-state index is 11.8. The lowest BCUT2D eigenvalue weighted by Crippen LogP contribution is -2.25. The molecule has 0 aromatic carbocycles. The third-order valence-corrected chi connectivity index (χ3v) is 2.78. The smallest absolute Gasteiger partial charge is 0.307 e. The highest BCUT2D eigenvalue weighted by Crippen LogP contribution is 2.33. The van der Waals surface area contributed by atoms with Gasteiger partial charge in [-0.15, -0.1) is 0 Å². The van der Waals surface area contributed by atoms with Crippen LogP contribution in [-0.2, 0) is 9.53 Å². The summed E-state index contributed by atoms with van der Waals surface area (Å²) in [5.74, 6) is -0.481. The molecule has 1 aromatic heterocycles. The topological polar surface area (TPSA) is 59.5 Å². The van der Waals surface area contributed by atoms with Crippen LogP contribution in [0.3, 0.4) is 0 Å². The quantitative estimate of drug-likeness (QED) is 0.691. The van der Waals surface area contributed by atoms with Gasteiger partial charge in [-0.3, -0.25) is 14.6 Å². The van der Waals surface area contributed by atoms with Crippen molar-refractivity contribution in [2.75, 3.05) is 14.2 Å². The first-order valence-corrected chi connectivity index (χ1v) is 4.94. The van der Waals surface area contributed by atoms with Crippen LogP contribution in [0.5, 0.6) is 0 Å². The summed E-state index contributed by atoms with van der Waals surface area (Å²) in [4.78, 5) is 28.6. The van der Waals surface area contributed by atoms with Crippen LogP contribution in [-0.4, -0.2) is 35.9 Å². The van der Waals surface area contributed by atoms with Gasteiger partial charge < -0.3 is 9.64 Å². The van der Waals surface area contributed by atoms with Crippen molar-refractivity contribution in [3.05, 3.63) is 29.6 Å². The molecule has 0 aliphatic carbocycles. The van der Waals surface area contributed by atoms with Gasteiger partial charge in [0.1, 0.15) is 5.69 Å². The molecule has 84 valence electrons. The van der Waals surface area contributed by atoms with E-state index >= 15 is 0 Å². The lowest BCUT2D eigenvalue weighted by atomic mass is 10.1. The first-order chi connectivity index (χ1) is 7.65. The van der Waals surface area contributed by atoms with Crippen molar-refractivity contribution in [1.29, 1.82) is 0 Å². The second-order valence-corrected chi connectivity index (χ2v) is 3.65. The molecular formula is C11H12N2O3. The Balaban J connectivity index is 2.34. The Labute approximate surface area is 93.0 Å². The molecule has 0 bridgehead atoms. The number of carbonyl (C=O) groups is 2. The van der Waals surface area contributed by atoms with Crippen LogP contribution in [0.2, 0.25) is 0 Å². The van der Waals surface area contributed by atoms with Crippen LogP contribution in [0.25, 0.3) is 0 Å². The van der Waals surface area contributed by atoms with Gasteiger partial charge in [-0.2, -0.15) is 0 Å². The van der Waals surface area contributed by atoms with E-state index in [1.807, 2.05) is 6.07 Å². The van der Waals surface area contributed by atoms with E-state index in [9.17, 15) is 9.59 Å². The van der Waals surface area contributed by atoms with Crippen LogP contribution < -0.4 is 0 Å². The second kappa shape index (κ2) is 3.92. The zero-order valence-electron chi connectivity index (χ0n) is 9.14. The standard InChI is InChI=1S/C11H12N2O3/c1-13-8(6-9(14)16-2)7-4-3-5-12-10(7)11(13)15/h3-5,8H,6H2,1-2H3. The number of carbonyl (C=O) groups excluding carboxylic acids is 2. The Kier molecular flexibility index (Phi) is 2.60. The van der Waals surface area contributed by atoms with Crippen molar-refractivity contribution < 1.29 is 14.3 Å². The van der Waals surface area contributed by atoms with E-state index in [-0.39, 0.29) is 24.3 Å². The minimum Gasteiger partial charge on any atom is -0.469 e. The molecule has 0 saturated carbocycles. The summed E-state index contributed by atoms with van der Waals surface area (Å²) >= 11 is 0. The molecule has 0 radical (unpaired) electrons. The van der Waals surface area contributed by atoms with Crippen molar-refractivity contribution in [3.63, 3.8) is 0 Å². The minimum absolute atomic E-state index is 0.149. The number of nitrogens with zero attached hydrogens (tertiary/aromatic N) is 2. The van der Waals surface area contributed by atoms with E-state index in [1.165, 1.54) is 12.0 Å². The summed E-state index contributed by atoms with van der Waals surface area (Å²) in [6.45, 7) is 0. The molecule has 0 saturated heterocycles. The Morgan fingerprint density at radius 3 is 3.06 bits per heavy atom. The molecule has 5 heteroatoms. The molecule has 1 amide bonds. The monoisotopic (exact) mass is 220 g/mol. The lowest BCUT2D eigenvalue weighted by Gasteiger charge is -2.18. The summed E-state index contributed by atoms with van der Waals surface area (Å²) in [7, 11) is 3.00. The molecule has 0 fully saturated rings. The molecule has 16 heavy (non-hydrogen) atoms. The average molecular weight is 220 g/mol. The summed E-state index contributed by atoms with van der Waals surface area (Å²) in [6, 6.07) is 3.32. The molecule has 0 spiro atoms. The third-order valence-electron chi connectivity index (χ3n) is 2.78. The van der Waals surface area contributed by atoms with E-state index in [1.54, 1.807) is 19.3 Å². The van der Waals surface area contributed by atoms with Crippen molar-refractivity contribution in [2.45, 2.75) is 12.5 Å². The first-order valence-electron chi connectivity index (χ1n) is 4.94. The van der Waals surface area contributed by atoms with E-state index in [0.717, 1.165) is 5.56 Å². The van der Waals surface area contributed by atoms with E-state index < -0.39 is 0 Å². The number of amides is 1. The number of aromatic nitrogens is 1. The number of rotatable bonds is 2. The van der Waals surface area contributed by atoms with Gasteiger partial charge in [0.05, 0.1) is 19.6 Å². The fraction of sp³-hybridized carbons (Fsp3) is 0.364. The number of methoxy groups -OCH3 is 1. The summed E-state index contributed by atoms with van der Waals surface area (Å²) < 4.78 is 4.61. The van der Waals surface area contributed by atoms with Gasteiger partial charge in [0.2, 0.25) is 0 Å². The SMILES string of the molecule is COC(=O)CC1c2cccnc2C(=O)N1C. The van der Waals surface area contributed by atoms with Crippen LogP contribution in [0, 0.1) is 0 Å². The third kappa shape index (κ3) is 1.54. The van der Waals surface area contributed by atoms with Gasteiger partial charge in [-0.25, -0.2) is 0 Å². The molecular weight excluding hydrogens is 208 g/mol. The second-order valence-electron chi connectivity index (χ2n) is 3.65. The maximum Gasteiger partial charge on any atom is 0.307 e. The Morgan fingerprint density at radius 1 is 1.62 bits per heavy atom. The number of esters is 1. The molecule has 1 unspecified atom stereocenters. The fourth-order valence-electron chi connectivity index (χ4n) is 1.87. The van der Waals surface area contributed by atoms with Crippen molar-refractivity contribution in [1.82, 2.24) is 9.88 Å². The fourth-order valence-corrected chi connectivity index (χ4v) is 1.87. The Morgan fingerprint density at radius 2 is 2.38 bits per heavy atom. The highest BCUT2D eigenvalue weighted by atomic mass is 16.5. The zero-order valence-corrected chi connectivity index (χ0v) is 9.14. The molecule has 2 rings (SSSR count). The van der Waals surface area contributed by atoms with Gasteiger partial charge in [-0.05, 0) is 6.07 Å². The van der Waals surface area contributed by atoms with Crippen molar-refractivity contribution >= 4 is 11.9 Å². The first kappa shape index (κ1) is 10.6. The predicted octanol–water partition coefficient (Wildman–Crippen LogP) is 0.771. The zero-order chi connectivity index (χ0) is 11.7. The molecule has 1 atom stereocenters. The molecule has 1 aliphatic rings. The van der Waals surface area contributed by atoms with Gasteiger partial charge in [0, 0.05) is 18.8 Å². The Bertz CT molecular complexity index is 445. The number of pyridine rings is 1.